The van der Waals surface area contributed by atoms with Crippen LogP contribution in [0.5, 0.6) is 0 Å². The number of rotatable bonds is 6. The second-order valence-corrected chi connectivity index (χ2v) is 4.36. The van der Waals surface area contributed by atoms with E-state index >= 15 is 0 Å². The molecule has 0 bridgehead atoms. The number of nitrogens with one attached hydrogen (secondary N) is 1. The van der Waals surface area contributed by atoms with Crippen LogP contribution in [0.15, 0.2) is 30.5 Å². The number of aryl methyl sites for hydroxylation is 1. The molecule has 0 aliphatic rings. The van der Waals surface area contributed by atoms with E-state index in [-0.39, 0.29) is 0 Å². The van der Waals surface area contributed by atoms with Gasteiger partial charge in [-0.15, -0.1) is 5.10 Å². The zero-order valence-corrected chi connectivity index (χ0v) is 11.1. The molecule has 1 heterocycles. The summed E-state index contributed by atoms with van der Waals surface area (Å²) in [5.74, 6) is 0. The Labute approximate surface area is 108 Å². The summed E-state index contributed by atoms with van der Waals surface area (Å²) in [5, 5.41) is 11.5. The predicted molar refractivity (Wildman–Crippen MR) is 72.3 cm³/mol. The first-order chi connectivity index (χ1) is 8.81. The second kappa shape index (κ2) is 6.31. The molecule has 0 saturated carbocycles. The Morgan fingerprint density at radius 2 is 1.83 bits per heavy atom. The largest absolute Gasteiger partial charge is 0.311 e. The quantitative estimate of drug-likeness (QED) is 0.845. The first-order valence-electron chi connectivity index (χ1n) is 6.49. The van der Waals surface area contributed by atoms with Crippen LogP contribution < -0.4 is 5.32 Å². The smallest absolute Gasteiger partial charge is 0.0964 e. The molecule has 0 saturated heterocycles. The minimum atomic E-state index is 0.781. The summed E-state index contributed by atoms with van der Waals surface area (Å²) in [4.78, 5) is 0. The molecule has 1 N–H and O–H groups in total. The van der Waals surface area contributed by atoms with Gasteiger partial charge in [0.25, 0.3) is 0 Å². The summed E-state index contributed by atoms with van der Waals surface area (Å²) in [6, 6.07) is 8.66. The second-order valence-electron chi connectivity index (χ2n) is 4.36. The summed E-state index contributed by atoms with van der Waals surface area (Å²) in [6.07, 6.45) is 3.08. The standard InChI is InChI=1S/C14H20N4/c1-3-12-5-7-13(8-6-12)10-18-11-14(16-17-18)9-15-4-2/h5-8,11,15H,3-4,9-10H2,1-2H3. The van der Waals surface area contributed by atoms with Crippen molar-refractivity contribution in [1.29, 1.82) is 0 Å². The zero-order valence-electron chi connectivity index (χ0n) is 11.1. The van der Waals surface area contributed by atoms with Crippen LogP contribution in [0.1, 0.15) is 30.7 Å². The van der Waals surface area contributed by atoms with Crippen LogP contribution in [0.2, 0.25) is 0 Å². The third-order valence-electron chi connectivity index (χ3n) is 2.92. The fourth-order valence-corrected chi connectivity index (χ4v) is 1.82. The van der Waals surface area contributed by atoms with Gasteiger partial charge in [0.05, 0.1) is 18.4 Å². The highest BCUT2D eigenvalue weighted by Gasteiger charge is 2.01. The number of nitrogens with zero attached hydrogens (tertiary/aromatic N) is 3. The molecule has 0 aliphatic carbocycles. The molecule has 0 amide bonds. The van der Waals surface area contributed by atoms with Gasteiger partial charge in [0.15, 0.2) is 0 Å². The Kier molecular flexibility index (Phi) is 4.47. The van der Waals surface area contributed by atoms with Gasteiger partial charge >= 0.3 is 0 Å². The van der Waals surface area contributed by atoms with Crippen LogP contribution in [0, 0.1) is 0 Å². The monoisotopic (exact) mass is 244 g/mol. The van der Waals surface area contributed by atoms with Crippen molar-refractivity contribution in [1.82, 2.24) is 20.3 Å². The van der Waals surface area contributed by atoms with Gasteiger partial charge in [0.1, 0.15) is 0 Å². The Morgan fingerprint density at radius 3 is 2.50 bits per heavy atom. The Balaban J connectivity index is 1.97. The maximum absolute atomic E-state index is 4.13. The van der Waals surface area contributed by atoms with Crippen LogP contribution in [-0.4, -0.2) is 21.5 Å². The minimum Gasteiger partial charge on any atom is -0.311 e. The van der Waals surface area contributed by atoms with Crippen molar-refractivity contribution in [3.05, 3.63) is 47.3 Å². The van der Waals surface area contributed by atoms with Gasteiger partial charge in [-0.05, 0) is 24.1 Å². The van der Waals surface area contributed by atoms with Crippen molar-refractivity contribution in [2.75, 3.05) is 6.54 Å². The maximum Gasteiger partial charge on any atom is 0.0964 e. The average Bonchev–Trinajstić information content (AvgIpc) is 2.85. The van der Waals surface area contributed by atoms with Crippen LogP contribution in [0.3, 0.4) is 0 Å². The van der Waals surface area contributed by atoms with E-state index in [4.69, 9.17) is 0 Å². The summed E-state index contributed by atoms with van der Waals surface area (Å²) in [6.45, 7) is 6.76. The Hall–Kier alpha value is -1.68. The summed E-state index contributed by atoms with van der Waals surface area (Å²) < 4.78 is 1.88. The van der Waals surface area contributed by atoms with Gasteiger partial charge in [0, 0.05) is 6.54 Å². The predicted octanol–water partition coefficient (Wildman–Crippen LogP) is 2.00. The fraction of sp³-hybridized carbons (Fsp3) is 0.429. The molecule has 1 aromatic heterocycles. The molecule has 0 unspecified atom stereocenters. The molecule has 0 radical (unpaired) electrons. The van der Waals surface area contributed by atoms with E-state index in [1.165, 1.54) is 11.1 Å². The summed E-state index contributed by atoms with van der Waals surface area (Å²) >= 11 is 0. The van der Waals surface area contributed by atoms with Crippen LogP contribution in [0.4, 0.5) is 0 Å². The van der Waals surface area contributed by atoms with Crippen LogP contribution in [0.25, 0.3) is 0 Å². The average molecular weight is 244 g/mol. The topological polar surface area (TPSA) is 42.7 Å². The molecule has 2 aromatic rings. The highest BCUT2D eigenvalue weighted by Crippen LogP contribution is 2.06. The van der Waals surface area contributed by atoms with E-state index in [0.29, 0.717) is 0 Å². The SMILES string of the molecule is CCNCc1cn(Cc2ccc(CC)cc2)nn1. The van der Waals surface area contributed by atoms with Gasteiger partial charge in [0.2, 0.25) is 0 Å². The fourth-order valence-electron chi connectivity index (χ4n) is 1.82. The van der Waals surface area contributed by atoms with Crippen molar-refractivity contribution >= 4 is 0 Å². The van der Waals surface area contributed by atoms with Crippen LogP contribution >= 0.6 is 0 Å². The lowest BCUT2D eigenvalue weighted by atomic mass is 10.1. The highest BCUT2D eigenvalue weighted by atomic mass is 15.4. The molecule has 0 spiro atoms. The van der Waals surface area contributed by atoms with E-state index in [0.717, 1.165) is 31.7 Å². The van der Waals surface area contributed by atoms with E-state index in [1.807, 2.05) is 10.9 Å². The molecule has 2 rings (SSSR count). The zero-order chi connectivity index (χ0) is 12.8. The molecule has 0 atom stereocenters. The van der Waals surface area contributed by atoms with Gasteiger partial charge < -0.3 is 5.32 Å². The van der Waals surface area contributed by atoms with E-state index < -0.39 is 0 Å². The van der Waals surface area contributed by atoms with Gasteiger partial charge in [-0.1, -0.05) is 43.3 Å². The molecule has 4 nitrogen and oxygen atoms in total. The van der Waals surface area contributed by atoms with Crippen molar-refractivity contribution < 1.29 is 0 Å². The lowest BCUT2D eigenvalue weighted by Gasteiger charge is -2.02. The van der Waals surface area contributed by atoms with E-state index in [9.17, 15) is 0 Å². The number of hydrogen-bond acceptors (Lipinski definition) is 3. The molecule has 1 aromatic carbocycles. The molecule has 18 heavy (non-hydrogen) atoms. The van der Waals surface area contributed by atoms with Crippen molar-refractivity contribution in [3.63, 3.8) is 0 Å². The molecule has 0 aliphatic heterocycles. The van der Waals surface area contributed by atoms with E-state index in [1.54, 1.807) is 0 Å². The van der Waals surface area contributed by atoms with Crippen LogP contribution in [-0.2, 0) is 19.5 Å². The molecule has 4 heteroatoms. The Morgan fingerprint density at radius 1 is 1.11 bits per heavy atom. The summed E-state index contributed by atoms with van der Waals surface area (Å²) in [7, 11) is 0. The Bertz CT molecular complexity index is 473. The third kappa shape index (κ3) is 3.40. The normalized spacial score (nSPS) is 10.8. The minimum absolute atomic E-state index is 0.781. The van der Waals surface area contributed by atoms with Gasteiger partial charge in [-0.25, -0.2) is 4.68 Å². The van der Waals surface area contributed by atoms with Gasteiger partial charge in [-0.3, -0.25) is 0 Å². The number of benzene rings is 1. The van der Waals surface area contributed by atoms with Crippen molar-refractivity contribution in [2.45, 2.75) is 33.4 Å². The molecule has 96 valence electrons. The number of hydrogen-bond donors (Lipinski definition) is 1. The first kappa shape index (κ1) is 12.8. The third-order valence-corrected chi connectivity index (χ3v) is 2.92. The lowest BCUT2D eigenvalue weighted by Crippen LogP contribution is -2.11. The molecule has 0 fully saturated rings. The maximum atomic E-state index is 4.13. The number of aromatic nitrogens is 3. The lowest BCUT2D eigenvalue weighted by molar-refractivity contribution is 0.648. The first-order valence-corrected chi connectivity index (χ1v) is 6.49. The molecular weight excluding hydrogens is 224 g/mol. The highest BCUT2D eigenvalue weighted by molar-refractivity contribution is 5.22. The van der Waals surface area contributed by atoms with E-state index in [2.05, 4.69) is 53.7 Å². The van der Waals surface area contributed by atoms with Crippen molar-refractivity contribution in [2.24, 2.45) is 0 Å². The van der Waals surface area contributed by atoms with Gasteiger partial charge in [-0.2, -0.15) is 0 Å². The van der Waals surface area contributed by atoms with Crippen molar-refractivity contribution in [3.8, 4) is 0 Å². The molecular formula is C14H20N4. The summed E-state index contributed by atoms with van der Waals surface area (Å²) in [5.41, 5.74) is 3.61.